The number of ether oxygens (including phenoxy) is 1. The van der Waals surface area contributed by atoms with Gasteiger partial charge in [0, 0.05) is 7.05 Å². The molecule has 1 amide bonds. The summed E-state index contributed by atoms with van der Waals surface area (Å²) >= 11 is 0. The minimum Gasteiger partial charge on any atom is -0.497 e. The molecule has 132 valence electrons. The van der Waals surface area contributed by atoms with E-state index in [2.05, 4.69) is 0 Å². The summed E-state index contributed by atoms with van der Waals surface area (Å²) < 4.78 is 18.8. The fourth-order valence-corrected chi connectivity index (χ4v) is 2.49. The van der Waals surface area contributed by atoms with Crippen LogP contribution in [0.4, 0.5) is 4.39 Å². The van der Waals surface area contributed by atoms with E-state index in [0.29, 0.717) is 5.75 Å². The molecule has 0 aliphatic carbocycles. The van der Waals surface area contributed by atoms with Gasteiger partial charge in [0.05, 0.1) is 13.5 Å². The van der Waals surface area contributed by atoms with Crippen molar-refractivity contribution in [2.24, 2.45) is 0 Å². The first-order valence-corrected chi connectivity index (χ1v) is 7.40. The molecule has 0 aliphatic heterocycles. The first kappa shape index (κ1) is 18.6. The monoisotopic (exact) mass is 347 g/mol. The number of hydrogen-bond acceptors (Lipinski definition) is 5. The molecule has 0 heterocycles. The molecule has 0 aliphatic rings. The third-order valence-corrected chi connectivity index (χ3v) is 3.80. The topological polar surface area (TPSA) is 87.1 Å². The predicted octanol–water partition coefficient (Wildman–Crippen LogP) is 1.88. The van der Waals surface area contributed by atoms with Gasteiger partial charge in [0.15, 0.2) is 0 Å². The van der Waals surface area contributed by atoms with Crippen LogP contribution in [0.15, 0.2) is 48.5 Å². The molecule has 6 nitrogen and oxygen atoms in total. The molecule has 0 radical (unpaired) electrons. The highest BCUT2D eigenvalue weighted by Gasteiger charge is 2.37. The number of carbonyl (C=O) groups excluding carboxylic acids is 2. The fraction of sp³-hybridized carbons (Fsp3) is 0.222. The van der Waals surface area contributed by atoms with E-state index in [0.717, 1.165) is 13.1 Å². The van der Waals surface area contributed by atoms with Crippen LogP contribution >= 0.6 is 0 Å². The average Bonchev–Trinajstić information content (AvgIpc) is 2.60. The molecule has 2 N–H and O–H groups in total. The Hall–Kier alpha value is -2.77. The first-order chi connectivity index (χ1) is 11.8. The summed E-state index contributed by atoms with van der Waals surface area (Å²) in [5.74, 6) is -2.39. The molecule has 0 saturated carbocycles. The minimum atomic E-state index is -1.97. The highest BCUT2D eigenvalue weighted by Crippen LogP contribution is 2.35. The number of hydrogen-bond donors (Lipinski definition) is 2. The smallest absolute Gasteiger partial charge is 0.313 e. The third kappa shape index (κ3) is 4.01. The van der Waals surface area contributed by atoms with Crippen molar-refractivity contribution in [3.05, 3.63) is 65.5 Å². The second-order valence-corrected chi connectivity index (χ2v) is 5.53. The van der Waals surface area contributed by atoms with E-state index in [1.165, 1.54) is 37.4 Å². The quantitative estimate of drug-likeness (QED) is 0.473. The van der Waals surface area contributed by atoms with Gasteiger partial charge in [-0.2, -0.15) is 0 Å². The molecular formula is C18H18FNO5. The highest BCUT2D eigenvalue weighted by molar-refractivity contribution is 6.35. The van der Waals surface area contributed by atoms with Crippen LogP contribution in [0.5, 0.6) is 5.75 Å². The Morgan fingerprint density at radius 1 is 1.16 bits per heavy atom. The summed E-state index contributed by atoms with van der Waals surface area (Å²) in [7, 11) is 2.45. The van der Waals surface area contributed by atoms with Gasteiger partial charge < -0.3 is 9.84 Å². The third-order valence-electron chi connectivity index (χ3n) is 3.80. The second kappa shape index (κ2) is 7.42. The van der Waals surface area contributed by atoms with Crippen LogP contribution in [0.3, 0.4) is 0 Å². The molecule has 7 heteroatoms. The maximum absolute atomic E-state index is 13.6. The van der Waals surface area contributed by atoms with Crippen LogP contribution in [0.25, 0.3) is 0 Å². The van der Waals surface area contributed by atoms with Crippen molar-refractivity contribution >= 4 is 11.7 Å². The zero-order valence-electron chi connectivity index (χ0n) is 13.8. The zero-order valence-corrected chi connectivity index (χ0v) is 13.8. The number of Topliss-reactive ketones (excluding diaryl/α,β-unsaturated/α-hetero) is 1. The number of carbonyl (C=O) groups is 2. The number of amides is 1. The van der Waals surface area contributed by atoms with E-state index in [9.17, 15) is 19.1 Å². The fourth-order valence-electron chi connectivity index (χ4n) is 2.49. The lowest BCUT2D eigenvalue weighted by molar-refractivity contribution is -0.166. The maximum Gasteiger partial charge on any atom is 0.313 e. The summed E-state index contributed by atoms with van der Waals surface area (Å²) in [4.78, 5) is 23.8. The Bertz CT molecular complexity index is 793. The lowest BCUT2D eigenvalue weighted by Crippen LogP contribution is -2.37. The van der Waals surface area contributed by atoms with Crippen molar-refractivity contribution in [1.29, 1.82) is 0 Å². The zero-order chi connectivity index (χ0) is 18.6. The maximum atomic E-state index is 13.6. The van der Waals surface area contributed by atoms with Crippen LogP contribution in [-0.2, 0) is 15.2 Å². The number of methoxy groups -OCH3 is 1. The Labute approximate surface area is 144 Å². The number of rotatable bonds is 6. The number of benzene rings is 2. The Morgan fingerprint density at radius 3 is 2.32 bits per heavy atom. The van der Waals surface area contributed by atoms with Crippen molar-refractivity contribution in [3.63, 3.8) is 0 Å². The number of ketones is 1. The molecule has 1 unspecified atom stereocenters. The average molecular weight is 347 g/mol. The SMILES string of the molecule is COc1cccc(C(O)(CC(=O)C(=O)N(C)O)c2cccc(F)c2)c1. The molecule has 25 heavy (non-hydrogen) atoms. The van der Waals surface area contributed by atoms with Crippen LogP contribution in [0, 0.1) is 5.82 Å². The van der Waals surface area contributed by atoms with Crippen molar-refractivity contribution in [1.82, 2.24) is 5.06 Å². The lowest BCUT2D eigenvalue weighted by Gasteiger charge is -2.29. The molecule has 2 rings (SSSR count). The van der Waals surface area contributed by atoms with Gasteiger partial charge in [-0.25, -0.2) is 9.45 Å². The van der Waals surface area contributed by atoms with Crippen LogP contribution in [-0.4, -0.2) is 41.2 Å². The molecular weight excluding hydrogens is 329 g/mol. The van der Waals surface area contributed by atoms with E-state index in [4.69, 9.17) is 9.94 Å². The molecule has 0 bridgehead atoms. The van der Waals surface area contributed by atoms with Gasteiger partial charge in [-0.05, 0) is 35.4 Å². The largest absolute Gasteiger partial charge is 0.497 e. The van der Waals surface area contributed by atoms with Crippen LogP contribution in [0.2, 0.25) is 0 Å². The first-order valence-electron chi connectivity index (χ1n) is 7.40. The Morgan fingerprint density at radius 2 is 1.76 bits per heavy atom. The highest BCUT2D eigenvalue weighted by atomic mass is 19.1. The van der Waals surface area contributed by atoms with Gasteiger partial charge in [0.25, 0.3) is 0 Å². The lowest BCUT2D eigenvalue weighted by atomic mass is 9.82. The van der Waals surface area contributed by atoms with Crippen molar-refractivity contribution in [2.75, 3.05) is 14.2 Å². The normalized spacial score (nSPS) is 13.0. The van der Waals surface area contributed by atoms with Gasteiger partial charge in [-0.15, -0.1) is 0 Å². The summed E-state index contributed by atoms with van der Waals surface area (Å²) in [5, 5.41) is 20.5. The van der Waals surface area contributed by atoms with Gasteiger partial charge in [-0.3, -0.25) is 14.8 Å². The molecule has 0 saturated heterocycles. The Balaban J connectivity index is 2.54. The summed E-state index contributed by atoms with van der Waals surface area (Å²) in [6.07, 6.45) is -0.673. The van der Waals surface area contributed by atoms with E-state index >= 15 is 0 Å². The van der Waals surface area contributed by atoms with E-state index in [1.54, 1.807) is 12.1 Å². The van der Waals surface area contributed by atoms with Crippen molar-refractivity contribution in [2.45, 2.75) is 12.0 Å². The van der Waals surface area contributed by atoms with Gasteiger partial charge in [0.1, 0.15) is 17.2 Å². The number of hydroxylamine groups is 2. The van der Waals surface area contributed by atoms with Crippen LogP contribution < -0.4 is 4.74 Å². The standard InChI is InChI=1S/C18H18FNO5/c1-20(24)17(22)16(21)11-18(23,12-5-3-7-14(19)9-12)13-6-4-8-15(10-13)25-2/h3-10,23-24H,11H2,1-2H3. The number of halogens is 1. The van der Waals surface area contributed by atoms with Gasteiger partial charge >= 0.3 is 5.91 Å². The second-order valence-electron chi connectivity index (χ2n) is 5.53. The number of likely N-dealkylation sites (N-methyl/N-ethyl adjacent to an activating group) is 1. The predicted molar refractivity (Wildman–Crippen MR) is 86.6 cm³/mol. The van der Waals surface area contributed by atoms with Crippen LogP contribution in [0.1, 0.15) is 17.5 Å². The summed E-state index contributed by atoms with van der Waals surface area (Å²) in [6.45, 7) is 0. The van der Waals surface area contributed by atoms with Crippen molar-refractivity contribution < 1.29 is 29.0 Å². The molecule has 1 atom stereocenters. The van der Waals surface area contributed by atoms with E-state index in [-0.39, 0.29) is 16.2 Å². The van der Waals surface area contributed by atoms with Crippen molar-refractivity contribution in [3.8, 4) is 5.75 Å². The van der Waals surface area contributed by atoms with Gasteiger partial charge in [-0.1, -0.05) is 24.3 Å². The minimum absolute atomic E-state index is 0.0995. The van der Waals surface area contributed by atoms with E-state index < -0.39 is 29.5 Å². The molecule has 2 aromatic carbocycles. The Kier molecular flexibility index (Phi) is 5.51. The summed E-state index contributed by atoms with van der Waals surface area (Å²) in [6, 6.07) is 11.4. The number of nitrogens with zero attached hydrogens (tertiary/aromatic N) is 1. The molecule has 0 aromatic heterocycles. The molecule has 0 spiro atoms. The molecule has 2 aromatic rings. The number of aliphatic hydroxyl groups is 1. The van der Waals surface area contributed by atoms with E-state index in [1.807, 2.05) is 0 Å². The summed E-state index contributed by atoms with van der Waals surface area (Å²) in [5.41, 5.74) is -1.62. The molecule has 0 fully saturated rings. The van der Waals surface area contributed by atoms with Gasteiger partial charge in [0.2, 0.25) is 5.78 Å².